The fourth-order valence-corrected chi connectivity index (χ4v) is 1.56. The third-order valence-electron chi connectivity index (χ3n) is 2.78. The van der Waals surface area contributed by atoms with Crippen LogP contribution in [0.5, 0.6) is 0 Å². The van der Waals surface area contributed by atoms with E-state index in [1.165, 1.54) is 38.5 Å². The van der Waals surface area contributed by atoms with Crippen LogP contribution < -0.4 is 0 Å². The van der Waals surface area contributed by atoms with Gasteiger partial charge >= 0.3 is 0 Å². The summed E-state index contributed by atoms with van der Waals surface area (Å²) in [5, 5.41) is 0. The van der Waals surface area contributed by atoms with Gasteiger partial charge in [-0.3, -0.25) is 0 Å². The Bertz CT molecular complexity index is 137. The minimum Gasteiger partial charge on any atom is -0.381 e. The van der Waals surface area contributed by atoms with Crippen LogP contribution in [0.4, 0.5) is 0 Å². The molecule has 103 valence electrons. The van der Waals surface area contributed by atoms with Gasteiger partial charge in [-0.1, -0.05) is 46.5 Å². The van der Waals surface area contributed by atoms with E-state index < -0.39 is 0 Å². The zero-order valence-electron chi connectivity index (χ0n) is 12.0. The summed E-state index contributed by atoms with van der Waals surface area (Å²) in [7, 11) is 0. The van der Waals surface area contributed by atoms with Crippen molar-refractivity contribution in [3.8, 4) is 0 Å². The first-order chi connectivity index (χ1) is 8.31. The van der Waals surface area contributed by atoms with E-state index in [9.17, 15) is 0 Å². The van der Waals surface area contributed by atoms with E-state index in [1.807, 2.05) is 0 Å². The van der Waals surface area contributed by atoms with Crippen LogP contribution in [0.2, 0.25) is 0 Å². The number of unbranched alkanes of at least 4 members (excludes halogenated alkanes) is 4. The molecule has 0 saturated heterocycles. The smallest absolute Gasteiger partial charge is 0.0501 e. The Morgan fingerprint density at radius 3 is 2.06 bits per heavy atom. The summed E-state index contributed by atoms with van der Waals surface area (Å²) in [6.45, 7) is 10.0. The van der Waals surface area contributed by atoms with Crippen molar-refractivity contribution in [2.45, 2.75) is 59.3 Å². The third-order valence-corrected chi connectivity index (χ3v) is 2.78. The molecule has 0 aromatic carbocycles. The molecule has 1 atom stereocenters. The first-order valence-electron chi connectivity index (χ1n) is 7.30. The summed E-state index contributed by atoms with van der Waals surface area (Å²) in [5.41, 5.74) is 0. The Morgan fingerprint density at radius 1 is 0.882 bits per heavy atom. The van der Waals surface area contributed by atoms with Gasteiger partial charge in [0.25, 0.3) is 0 Å². The second-order valence-electron chi connectivity index (χ2n) is 4.78. The second kappa shape index (κ2) is 14.0. The van der Waals surface area contributed by atoms with Gasteiger partial charge in [0.1, 0.15) is 0 Å². The monoisotopic (exact) mass is 243 g/mol. The predicted octanol–water partition coefficient (Wildman–Crippen LogP) is 4.24. The molecule has 2 heteroatoms. The highest BCUT2D eigenvalue weighted by molar-refractivity contribution is 4.71. The van der Waals surface area contributed by atoms with E-state index in [2.05, 4.69) is 27.2 Å². The lowest BCUT2D eigenvalue weighted by Gasteiger charge is -2.11. The van der Waals surface area contributed by atoms with Gasteiger partial charge in [0, 0.05) is 19.8 Å². The number of rotatable bonds is 13. The Morgan fingerprint density at radius 2 is 1.47 bits per heavy atom. The molecule has 2 nitrogen and oxygen atoms in total. The normalized spacial score (nSPS) is 12.9. The fraction of sp³-hybridized carbons (Fsp3) is 0.933. The average molecular weight is 243 g/mol. The maximum atomic E-state index is 5.61. The summed E-state index contributed by atoms with van der Waals surface area (Å²) < 4.78 is 11.1. The van der Waals surface area contributed by atoms with Crippen LogP contribution in [-0.2, 0) is 9.47 Å². The molecule has 0 N–H and O–H groups in total. The number of ether oxygens (including phenoxy) is 2. The fourth-order valence-electron chi connectivity index (χ4n) is 1.56. The molecular formula is C15H31O2. The molecule has 0 spiro atoms. The Kier molecular flexibility index (Phi) is 13.9. The topological polar surface area (TPSA) is 18.5 Å². The van der Waals surface area contributed by atoms with Crippen LogP contribution in [-0.4, -0.2) is 26.4 Å². The van der Waals surface area contributed by atoms with E-state index in [0.29, 0.717) is 5.92 Å². The van der Waals surface area contributed by atoms with Gasteiger partial charge in [0.15, 0.2) is 0 Å². The predicted molar refractivity (Wildman–Crippen MR) is 74.2 cm³/mol. The van der Waals surface area contributed by atoms with E-state index in [0.717, 1.165) is 26.4 Å². The zero-order chi connectivity index (χ0) is 12.8. The van der Waals surface area contributed by atoms with Crippen LogP contribution >= 0.6 is 0 Å². The van der Waals surface area contributed by atoms with Gasteiger partial charge < -0.3 is 9.47 Å². The van der Waals surface area contributed by atoms with Crippen molar-refractivity contribution >= 4 is 0 Å². The van der Waals surface area contributed by atoms with Crippen molar-refractivity contribution in [3.05, 3.63) is 6.42 Å². The molecule has 1 radical (unpaired) electrons. The highest BCUT2D eigenvalue weighted by Gasteiger charge is 2.02. The van der Waals surface area contributed by atoms with Gasteiger partial charge in [-0.25, -0.2) is 0 Å². The average Bonchev–Trinajstić information content (AvgIpc) is 2.33. The molecule has 0 bridgehead atoms. The first-order valence-corrected chi connectivity index (χ1v) is 7.30. The van der Waals surface area contributed by atoms with Crippen molar-refractivity contribution in [1.29, 1.82) is 0 Å². The van der Waals surface area contributed by atoms with Crippen molar-refractivity contribution in [3.63, 3.8) is 0 Å². The molecule has 0 aromatic heterocycles. The van der Waals surface area contributed by atoms with Gasteiger partial charge in [-0.15, -0.1) is 0 Å². The van der Waals surface area contributed by atoms with Crippen LogP contribution in [0.25, 0.3) is 0 Å². The van der Waals surface area contributed by atoms with Gasteiger partial charge in [-0.2, -0.15) is 0 Å². The molecule has 0 amide bonds. The van der Waals surface area contributed by atoms with Crippen LogP contribution in [0.15, 0.2) is 0 Å². The summed E-state index contributed by atoms with van der Waals surface area (Å²) in [6, 6.07) is 0. The summed E-state index contributed by atoms with van der Waals surface area (Å²) >= 11 is 0. The summed E-state index contributed by atoms with van der Waals surface area (Å²) in [5.74, 6) is 0.503. The molecule has 0 aliphatic carbocycles. The lowest BCUT2D eigenvalue weighted by Crippen LogP contribution is -2.11. The highest BCUT2D eigenvalue weighted by Crippen LogP contribution is 2.03. The Labute approximate surface area is 108 Å². The Hall–Kier alpha value is -0.0800. The van der Waals surface area contributed by atoms with E-state index >= 15 is 0 Å². The molecule has 0 aromatic rings. The Balaban J connectivity index is 3.09. The SMILES string of the molecule is CCCCCOC[CH]C(C)COCCCCC. The van der Waals surface area contributed by atoms with Crippen molar-refractivity contribution in [1.82, 2.24) is 0 Å². The van der Waals surface area contributed by atoms with Crippen molar-refractivity contribution in [2.24, 2.45) is 5.92 Å². The molecule has 1 unspecified atom stereocenters. The standard InChI is InChI=1S/C15H31O2/c1-4-6-8-11-16-13-10-15(3)14-17-12-9-7-5-2/h10,15H,4-9,11-14H2,1-3H3. The zero-order valence-corrected chi connectivity index (χ0v) is 12.0. The number of hydrogen-bond donors (Lipinski definition) is 0. The van der Waals surface area contributed by atoms with E-state index in [1.54, 1.807) is 0 Å². The van der Waals surface area contributed by atoms with E-state index in [4.69, 9.17) is 9.47 Å². The molecular weight excluding hydrogens is 212 g/mol. The molecule has 0 saturated carbocycles. The van der Waals surface area contributed by atoms with Crippen LogP contribution in [0.3, 0.4) is 0 Å². The summed E-state index contributed by atoms with van der Waals surface area (Å²) in [4.78, 5) is 0. The molecule has 0 aliphatic heterocycles. The van der Waals surface area contributed by atoms with Crippen LogP contribution in [0, 0.1) is 12.3 Å². The minimum absolute atomic E-state index is 0.503. The molecule has 0 rings (SSSR count). The lowest BCUT2D eigenvalue weighted by molar-refractivity contribution is 0.0958. The van der Waals surface area contributed by atoms with Gasteiger partial charge in [-0.05, 0) is 25.2 Å². The second-order valence-corrected chi connectivity index (χ2v) is 4.78. The largest absolute Gasteiger partial charge is 0.381 e. The van der Waals surface area contributed by atoms with E-state index in [-0.39, 0.29) is 0 Å². The quantitative estimate of drug-likeness (QED) is 0.450. The van der Waals surface area contributed by atoms with Gasteiger partial charge in [0.2, 0.25) is 0 Å². The number of hydrogen-bond acceptors (Lipinski definition) is 2. The van der Waals surface area contributed by atoms with Crippen molar-refractivity contribution in [2.75, 3.05) is 26.4 Å². The third kappa shape index (κ3) is 13.9. The maximum Gasteiger partial charge on any atom is 0.0501 e. The van der Waals surface area contributed by atoms with Crippen LogP contribution in [0.1, 0.15) is 59.3 Å². The highest BCUT2D eigenvalue weighted by atomic mass is 16.5. The molecule has 0 aliphatic rings. The molecule has 0 heterocycles. The lowest BCUT2D eigenvalue weighted by atomic mass is 10.1. The maximum absolute atomic E-state index is 5.61. The van der Waals surface area contributed by atoms with Crippen molar-refractivity contribution < 1.29 is 9.47 Å². The first kappa shape index (κ1) is 16.9. The summed E-state index contributed by atoms with van der Waals surface area (Å²) in [6.07, 6.45) is 9.66. The molecule has 0 fully saturated rings. The minimum atomic E-state index is 0.503. The van der Waals surface area contributed by atoms with Gasteiger partial charge in [0.05, 0.1) is 6.61 Å². The molecule has 17 heavy (non-hydrogen) atoms.